The molecule has 0 spiro atoms. The van der Waals surface area contributed by atoms with Gasteiger partial charge in [0.1, 0.15) is 5.60 Å². The molecular weight excluding hydrogens is 753 g/mol. The average molecular weight is 821 g/mol. The maximum Gasteiger partial charge on any atom is 0.276 e. The average Bonchev–Trinajstić information content (AvgIpc) is 3.43. The zero-order valence-corrected chi connectivity index (χ0v) is 34.1. The lowest BCUT2D eigenvalue weighted by Crippen LogP contribution is -2.55. The van der Waals surface area contributed by atoms with Gasteiger partial charge in [0, 0.05) is 43.5 Å². The summed E-state index contributed by atoms with van der Waals surface area (Å²) in [5, 5.41) is 0. The Morgan fingerprint density at radius 2 is 1.60 bits per heavy atom. The molecule has 2 saturated heterocycles. The van der Waals surface area contributed by atoms with Crippen molar-refractivity contribution in [1.29, 1.82) is 0 Å². The van der Waals surface area contributed by atoms with Gasteiger partial charge in [0.05, 0.1) is 0 Å². The lowest BCUT2D eigenvalue weighted by Gasteiger charge is -2.60. The Hall–Kier alpha value is 0.0900. The third kappa shape index (κ3) is 8.05. The van der Waals surface area contributed by atoms with Gasteiger partial charge < -0.3 is 28.4 Å². The van der Waals surface area contributed by atoms with Crippen LogP contribution in [0.1, 0.15) is 144 Å². The maximum absolute atomic E-state index is 15.7. The van der Waals surface area contributed by atoms with Crippen LogP contribution < -0.4 is 0 Å². The molecule has 5 fully saturated rings. The molecule has 10 atom stereocenters. The first-order valence-corrected chi connectivity index (χ1v) is 21.8. The summed E-state index contributed by atoms with van der Waals surface area (Å²) in [6.07, 6.45) is 16.8. The molecular formula is C41H67F2IO6. The van der Waals surface area contributed by atoms with Gasteiger partial charge in [-0.1, -0.05) is 48.1 Å². The monoisotopic (exact) mass is 820 g/mol. The summed E-state index contributed by atoms with van der Waals surface area (Å²) in [6.45, 7) is 13.6. The second kappa shape index (κ2) is 16.1. The SMILES string of the molecule is CCO[C@H](C)OC(C)(C)C(F)(F)CC[C@@H](CI)[C@H]1CC[C@H]2[C@@H]3CC=C4CC(OC5CCCCO5)(OC5CCCCO5)CC[C@]4(C)[C@H]3CC[C@]12C. The molecule has 3 saturated carbocycles. The predicted octanol–water partition coefficient (Wildman–Crippen LogP) is 11.0. The molecule has 0 radical (unpaired) electrons. The van der Waals surface area contributed by atoms with Gasteiger partial charge in [-0.3, -0.25) is 0 Å². The van der Waals surface area contributed by atoms with Crippen LogP contribution in [0.5, 0.6) is 0 Å². The minimum atomic E-state index is -2.94. The van der Waals surface area contributed by atoms with E-state index in [2.05, 4.69) is 42.5 Å². The van der Waals surface area contributed by atoms with Crippen molar-refractivity contribution in [3.8, 4) is 0 Å². The van der Waals surface area contributed by atoms with Crippen molar-refractivity contribution in [3.63, 3.8) is 0 Å². The molecule has 4 aliphatic carbocycles. The maximum atomic E-state index is 15.7. The fourth-order valence-electron chi connectivity index (χ4n) is 11.6. The largest absolute Gasteiger partial charge is 0.353 e. The van der Waals surface area contributed by atoms with Crippen molar-refractivity contribution in [2.75, 3.05) is 24.2 Å². The first kappa shape index (κ1) is 39.8. The van der Waals surface area contributed by atoms with Crippen LogP contribution in [0.15, 0.2) is 11.6 Å². The van der Waals surface area contributed by atoms with Crippen molar-refractivity contribution in [1.82, 2.24) is 0 Å². The fourth-order valence-corrected chi connectivity index (χ4v) is 12.6. The Morgan fingerprint density at radius 3 is 2.20 bits per heavy atom. The summed E-state index contributed by atoms with van der Waals surface area (Å²) in [5.41, 5.74) is 0.268. The number of hydrogen-bond donors (Lipinski definition) is 0. The van der Waals surface area contributed by atoms with Gasteiger partial charge in [-0.2, -0.15) is 0 Å². The molecule has 0 N–H and O–H groups in total. The molecule has 6 rings (SSSR count). The summed E-state index contributed by atoms with van der Waals surface area (Å²) in [7, 11) is 0. The molecule has 2 unspecified atom stereocenters. The number of hydrogen-bond acceptors (Lipinski definition) is 6. The minimum absolute atomic E-state index is 0.133. The van der Waals surface area contributed by atoms with E-state index in [0.717, 1.165) is 88.3 Å². The summed E-state index contributed by atoms with van der Waals surface area (Å²) in [4.78, 5) is 0. The fraction of sp³-hybridized carbons (Fsp3) is 0.951. The van der Waals surface area contributed by atoms with E-state index in [1.54, 1.807) is 6.92 Å². The first-order valence-electron chi connectivity index (χ1n) is 20.3. The van der Waals surface area contributed by atoms with Crippen molar-refractivity contribution in [2.45, 2.75) is 180 Å². The highest BCUT2D eigenvalue weighted by atomic mass is 127. The van der Waals surface area contributed by atoms with Gasteiger partial charge in [-0.05, 0) is 152 Å². The van der Waals surface area contributed by atoms with Crippen molar-refractivity contribution in [3.05, 3.63) is 11.6 Å². The van der Waals surface area contributed by atoms with Crippen LogP contribution in [-0.4, -0.2) is 60.4 Å². The van der Waals surface area contributed by atoms with Crippen LogP contribution in [0.25, 0.3) is 0 Å². The molecule has 0 aromatic heterocycles. The van der Waals surface area contributed by atoms with Gasteiger partial charge in [-0.25, -0.2) is 8.78 Å². The summed E-state index contributed by atoms with van der Waals surface area (Å²) in [5.74, 6) is -0.932. The van der Waals surface area contributed by atoms with E-state index in [1.807, 2.05) is 6.92 Å². The normalized spacial score (nSPS) is 40.7. The standard InChI is InChI=1S/C41H67F2IO6/c1-7-45-28(2)48-37(3,4)41(42,43)21-18-29(27-44)32-16-17-33-31-15-14-30-26-40(49-35-12-8-10-24-46-35,50-36-13-9-11-25-47-36)23-22-38(30,5)34(31)19-20-39(32,33)6/h14,28-29,31-36H,7-13,15-27H2,1-6H3/t28-,29-,31-,32+,33-,34-,35?,36?,38-,39+,40?/m0/s1. The quantitative estimate of drug-likeness (QED) is 0.0753. The molecule has 0 aromatic carbocycles. The van der Waals surface area contributed by atoms with Gasteiger partial charge in [0.25, 0.3) is 5.92 Å². The van der Waals surface area contributed by atoms with E-state index in [-0.39, 0.29) is 35.7 Å². The highest BCUT2D eigenvalue weighted by molar-refractivity contribution is 14.1. The Kier molecular flexibility index (Phi) is 12.8. The molecule has 0 amide bonds. The number of rotatable bonds is 14. The minimum Gasteiger partial charge on any atom is -0.353 e. The molecule has 2 aliphatic heterocycles. The second-order valence-electron chi connectivity index (χ2n) is 17.7. The Balaban J connectivity index is 1.15. The molecule has 0 bridgehead atoms. The molecule has 6 aliphatic rings. The van der Waals surface area contributed by atoms with Crippen LogP contribution in [0.4, 0.5) is 8.78 Å². The van der Waals surface area contributed by atoms with E-state index in [4.69, 9.17) is 28.4 Å². The number of ether oxygens (including phenoxy) is 6. The summed E-state index contributed by atoms with van der Waals surface area (Å²) >= 11 is 2.47. The molecule has 6 nitrogen and oxygen atoms in total. The Labute approximate surface area is 315 Å². The number of alkyl halides is 3. The van der Waals surface area contributed by atoms with Crippen molar-refractivity contribution in [2.24, 2.45) is 40.4 Å². The van der Waals surface area contributed by atoms with Crippen molar-refractivity contribution >= 4 is 22.6 Å². The Morgan fingerprint density at radius 1 is 0.920 bits per heavy atom. The summed E-state index contributed by atoms with van der Waals surface area (Å²) < 4.78 is 69.5. The predicted molar refractivity (Wildman–Crippen MR) is 200 cm³/mol. The Bertz CT molecular complexity index is 1130. The van der Waals surface area contributed by atoms with E-state index in [9.17, 15) is 0 Å². The van der Waals surface area contributed by atoms with E-state index < -0.39 is 23.6 Å². The second-order valence-corrected chi connectivity index (χ2v) is 18.6. The zero-order valence-electron chi connectivity index (χ0n) is 31.9. The van der Waals surface area contributed by atoms with Crippen LogP contribution in [-0.2, 0) is 28.4 Å². The van der Waals surface area contributed by atoms with E-state index in [0.29, 0.717) is 36.7 Å². The molecule has 9 heteroatoms. The van der Waals surface area contributed by atoms with Crippen LogP contribution in [0.3, 0.4) is 0 Å². The molecule has 50 heavy (non-hydrogen) atoms. The number of allylic oxidation sites excluding steroid dienone is 1. The number of halogens is 3. The third-order valence-corrected chi connectivity index (χ3v) is 15.6. The number of fused-ring (bicyclic) bond motifs is 5. The van der Waals surface area contributed by atoms with Crippen LogP contribution in [0, 0.1) is 40.4 Å². The summed E-state index contributed by atoms with van der Waals surface area (Å²) in [6, 6.07) is 0. The lowest BCUT2D eigenvalue weighted by atomic mass is 9.46. The zero-order chi connectivity index (χ0) is 35.8. The topological polar surface area (TPSA) is 55.4 Å². The smallest absolute Gasteiger partial charge is 0.276 e. The molecule has 0 aromatic rings. The highest BCUT2D eigenvalue weighted by Gasteiger charge is 2.61. The van der Waals surface area contributed by atoms with E-state index >= 15 is 8.78 Å². The first-order chi connectivity index (χ1) is 23.8. The lowest BCUT2D eigenvalue weighted by molar-refractivity contribution is -0.369. The van der Waals surface area contributed by atoms with E-state index in [1.165, 1.54) is 38.7 Å². The van der Waals surface area contributed by atoms with Gasteiger partial charge >= 0.3 is 0 Å². The molecule has 288 valence electrons. The van der Waals surface area contributed by atoms with Gasteiger partial charge in [0.15, 0.2) is 24.7 Å². The molecule has 2 heterocycles. The van der Waals surface area contributed by atoms with Crippen LogP contribution >= 0.6 is 22.6 Å². The van der Waals surface area contributed by atoms with Gasteiger partial charge in [0.2, 0.25) is 0 Å². The van der Waals surface area contributed by atoms with Gasteiger partial charge in [-0.15, -0.1) is 0 Å². The van der Waals surface area contributed by atoms with Crippen molar-refractivity contribution < 1.29 is 37.2 Å². The third-order valence-electron chi connectivity index (χ3n) is 14.5. The van der Waals surface area contributed by atoms with Crippen LogP contribution in [0.2, 0.25) is 0 Å². The highest BCUT2D eigenvalue weighted by Crippen LogP contribution is 2.68.